The number of hydrogen-bond donors (Lipinski definition) is 1. The van der Waals surface area contributed by atoms with Gasteiger partial charge in [0.05, 0.1) is 57.8 Å². The summed E-state index contributed by atoms with van der Waals surface area (Å²) in [6.07, 6.45) is 0. The third-order valence-electron chi connectivity index (χ3n) is 4.04. The Labute approximate surface area is 187 Å². The van der Waals surface area contributed by atoms with Gasteiger partial charge in [-0.1, -0.05) is 0 Å². The third kappa shape index (κ3) is 11.5. The van der Waals surface area contributed by atoms with Gasteiger partial charge in [0.25, 0.3) is 5.69 Å². The first-order valence-corrected chi connectivity index (χ1v) is 10.3. The molecule has 2 aromatic rings. The first-order chi connectivity index (χ1) is 15.6. The van der Waals surface area contributed by atoms with E-state index >= 15 is 0 Å². The maximum atomic E-state index is 10.6. The number of anilines is 1. The van der Waals surface area contributed by atoms with E-state index in [9.17, 15) is 10.1 Å². The molecule has 176 valence electrons. The zero-order valence-corrected chi connectivity index (χ0v) is 18.0. The summed E-state index contributed by atoms with van der Waals surface area (Å²) in [5.41, 5.74) is 6.34. The smallest absolute Gasteiger partial charge is 0.269 e. The Morgan fingerprint density at radius 1 is 0.594 bits per heavy atom. The van der Waals surface area contributed by atoms with E-state index in [1.165, 1.54) is 12.1 Å². The molecule has 0 aliphatic rings. The van der Waals surface area contributed by atoms with Gasteiger partial charge in [0.1, 0.15) is 24.7 Å². The van der Waals surface area contributed by atoms with Crippen molar-refractivity contribution in [2.75, 3.05) is 71.8 Å². The minimum absolute atomic E-state index is 0.0299. The van der Waals surface area contributed by atoms with Gasteiger partial charge in [-0.15, -0.1) is 0 Å². The highest BCUT2D eigenvalue weighted by Gasteiger charge is 2.04. The van der Waals surface area contributed by atoms with E-state index in [2.05, 4.69) is 0 Å². The van der Waals surface area contributed by atoms with Gasteiger partial charge in [-0.3, -0.25) is 10.1 Å². The quantitative estimate of drug-likeness (QED) is 0.158. The highest BCUT2D eigenvalue weighted by Crippen LogP contribution is 2.17. The van der Waals surface area contributed by atoms with E-state index in [0.717, 1.165) is 5.75 Å². The molecule has 0 aliphatic heterocycles. The van der Waals surface area contributed by atoms with Crippen LogP contribution in [0.5, 0.6) is 11.5 Å². The van der Waals surface area contributed by atoms with Crippen molar-refractivity contribution in [2.24, 2.45) is 0 Å². The number of non-ortho nitro benzene ring substituents is 1. The van der Waals surface area contributed by atoms with Crippen LogP contribution in [0, 0.1) is 10.1 Å². The van der Waals surface area contributed by atoms with Crippen LogP contribution in [0.2, 0.25) is 0 Å². The molecule has 2 rings (SSSR count). The first kappa shape index (κ1) is 25.3. The highest BCUT2D eigenvalue weighted by atomic mass is 16.6. The molecule has 10 nitrogen and oxygen atoms in total. The maximum absolute atomic E-state index is 10.6. The van der Waals surface area contributed by atoms with Gasteiger partial charge in [-0.05, 0) is 36.4 Å². The molecule has 0 amide bonds. The van der Waals surface area contributed by atoms with E-state index < -0.39 is 4.92 Å². The SMILES string of the molecule is Nc1ccc(OCCOCCOCCOCCOCCOc2ccc([N+](=O)[O-])cc2)cc1. The Balaban J connectivity index is 1.29. The zero-order valence-electron chi connectivity index (χ0n) is 18.0. The highest BCUT2D eigenvalue weighted by molar-refractivity contribution is 5.41. The van der Waals surface area contributed by atoms with Crippen molar-refractivity contribution < 1.29 is 33.3 Å². The van der Waals surface area contributed by atoms with Crippen molar-refractivity contribution in [2.45, 2.75) is 0 Å². The molecule has 0 spiro atoms. The number of benzene rings is 2. The molecule has 0 unspecified atom stereocenters. The summed E-state index contributed by atoms with van der Waals surface area (Å²) in [6, 6.07) is 13.1. The van der Waals surface area contributed by atoms with E-state index in [1.54, 1.807) is 24.3 Å². The predicted octanol–water partition coefficient (Wildman–Crippen LogP) is 2.70. The molecular formula is C22H30N2O8. The lowest BCUT2D eigenvalue weighted by Gasteiger charge is -2.09. The number of hydrogen-bond acceptors (Lipinski definition) is 9. The van der Waals surface area contributed by atoms with E-state index in [0.29, 0.717) is 77.5 Å². The van der Waals surface area contributed by atoms with Gasteiger partial charge in [0.15, 0.2) is 0 Å². The molecule has 0 fully saturated rings. The van der Waals surface area contributed by atoms with Gasteiger partial charge in [0.2, 0.25) is 0 Å². The molecule has 10 heteroatoms. The molecule has 2 aromatic carbocycles. The van der Waals surface area contributed by atoms with Crippen LogP contribution in [0.3, 0.4) is 0 Å². The fraction of sp³-hybridized carbons (Fsp3) is 0.455. The third-order valence-corrected chi connectivity index (χ3v) is 4.04. The molecule has 32 heavy (non-hydrogen) atoms. The van der Waals surface area contributed by atoms with Crippen LogP contribution in [-0.4, -0.2) is 71.0 Å². The molecule has 0 radical (unpaired) electrons. The van der Waals surface area contributed by atoms with Crippen LogP contribution in [0.1, 0.15) is 0 Å². The lowest BCUT2D eigenvalue weighted by Crippen LogP contribution is -2.14. The van der Waals surface area contributed by atoms with E-state index in [4.69, 9.17) is 34.2 Å². The fourth-order valence-electron chi connectivity index (χ4n) is 2.43. The topological polar surface area (TPSA) is 125 Å². The van der Waals surface area contributed by atoms with Crippen molar-refractivity contribution in [3.63, 3.8) is 0 Å². The molecule has 0 saturated heterocycles. The zero-order chi connectivity index (χ0) is 22.9. The van der Waals surface area contributed by atoms with Crippen LogP contribution < -0.4 is 15.2 Å². The van der Waals surface area contributed by atoms with Crippen molar-refractivity contribution in [1.29, 1.82) is 0 Å². The molecular weight excluding hydrogens is 420 g/mol. The van der Waals surface area contributed by atoms with Crippen LogP contribution in [0.25, 0.3) is 0 Å². The summed E-state index contributed by atoms with van der Waals surface area (Å²) in [6.45, 7) is 4.53. The second kappa shape index (κ2) is 15.8. The fourth-order valence-corrected chi connectivity index (χ4v) is 2.43. The number of nitrogens with zero attached hydrogens (tertiary/aromatic N) is 1. The van der Waals surface area contributed by atoms with Gasteiger partial charge in [-0.25, -0.2) is 0 Å². The second-order valence-electron chi connectivity index (χ2n) is 6.47. The Bertz CT molecular complexity index is 756. The average molecular weight is 450 g/mol. The van der Waals surface area contributed by atoms with Crippen LogP contribution in [0.15, 0.2) is 48.5 Å². The van der Waals surface area contributed by atoms with Crippen LogP contribution in [0.4, 0.5) is 11.4 Å². The van der Waals surface area contributed by atoms with Gasteiger partial charge >= 0.3 is 0 Å². The van der Waals surface area contributed by atoms with Crippen molar-refractivity contribution in [1.82, 2.24) is 0 Å². The average Bonchev–Trinajstić information content (AvgIpc) is 2.80. The summed E-state index contributed by atoms with van der Waals surface area (Å²) in [5.74, 6) is 1.32. The minimum atomic E-state index is -0.451. The van der Waals surface area contributed by atoms with Gasteiger partial charge in [-0.2, -0.15) is 0 Å². The maximum Gasteiger partial charge on any atom is 0.269 e. The number of nitrogens with two attached hydrogens (primary N) is 1. The lowest BCUT2D eigenvalue weighted by atomic mass is 10.3. The van der Waals surface area contributed by atoms with Crippen LogP contribution >= 0.6 is 0 Å². The van der Waals surface area contributed by atoms with E-state index in [1.807, 2.05) is 12.1 Å². The summed E-state index contributed by atoms with van der Waals surface area (Å²) >= 11 is 0. The Morgan fingerprint density at radius 2 is 0.938 bits per heavy atom. The van der Waals surface area contributed by atoms with E-state index in [-0.39, 0.29) is 5.69 Å². The predicted molar refractivity (Wildman–Crippen MR) is 118 cm³/mol. The number of rotatable bonds is 18. The number of nitro groups is 1. The normalized spacial score (nSPS) is 10.8. The van der Waals surface area contributed by atoms with Gasteiger partial charge in [0, 0.05) is 17.8 Å². The summed E-state index contributed by atoms with van der Waals surface area (Å²) in [7, 11) is 0. The Kier molecular flexibility index (Phi) is 12.5. The number of ether oxygens (including phenoxy) is 6. The second-order valence-corrected chi connectivity index (χ2v) is 6.47. The van der Waals surface area contributed by atoms with Crippen molar-refractivity contribution in [3.8, 4) is 11.5 Å². The molecule has 0 bridgehead atoms. The molecule has 0 aromatic heterocycles. The monoisotopic (exact) mass is 450 g/mol. The minimum Gasteiger partial charge on any atom is -0.491 e. The molecule has 0 atom stereocenters. The number of nitro benzene ring substituents is 1. The van der Waals surface area contributed by atoms with Crippen molar-refractivity contribution >= 4 is 11.4 Å². The van der Waals surface area contributed by atoms with Crippen molar-refractivity contribution in [3.05, 3.63) is 58.6 Å². The number of nitrogen functional groups attached to an aromatic ring is 1. The standard InChI is InChI=1S/C22H30N2O8/c23-19-1-5-21(6-2-19)31-17-15-29-13-11-27-9-10-28-12-14-30-16-18-32-22-7-3-20(4-8-22)24(25)26/h1-8H,9-18,23H2. The largest absolute Gasteiger partial charge is 0.491 e. The Hall–Kier alpha value is -2.92. The molecule has 0 saturated carbocycles. The summed E-state index contributed by atoms with van der Waals surface area (Å²) in [4.78, 5) is 10.1. The Morgan fingerprint density at radius 3 is 1.31 bits per heavy atom. The molecule has 2 N–H and O–H groups in total. The summed E-state index contributed by atoms with van der Waals surface area (Å²) < 4.78 is 32.6. The summed E-state index contributed by atoms with van der Waals surface area (Å²) in [5, 5.41) is 10.6. The lowest BCUT2D eigenvalue weighted by molar-refractivity contribution is -0.384. The van der Waals surface area contributed by atoms with Crippen LogP contribution in [-0.2, 0) is 18.9 Å². The van der Waals surface area contributed by atoms with Gasteiger partial charge < -0.3 is 34.2 Å². The first-order valence-electron chi connectivity index (χ1n) is 10.3. The molecule has 0 heterocycles. The molecule has 0 aliphatic carbocycles.